The Morgan fingerprint density at radius 1 is 1.07 bits per heavy atom. The first-order chi connectivity index (χ1) is 14.1. The van der Waals surface area contributed by atoms with Gasteiger partial charge in [-0.3, -0.25) is 0 Å². The number of ether oxygens (including phenoxy) is 3. The average Bonchev–Trinajstić information content (AvgIpc) is 2.71. The molecule has 0 spiro atoms. The van der Waals surface area contributed by atoms with Crippen molar-refractivity contribution in [3.05, 3.63) is 65.2 Å². The van der Waals surface area contributed by atoms with E-state index in [1.807, 2.05) is 24.3 Å². The summed E-state index contributed by atoms with van der Waals surface area (Å²) in [6.07, 6.45) is 0.536. The van der Waals surface area contributed by atoms with Crippen molar-refractivity contribution in [1.29, 1.82) is 5.26 Å². The second-order valence-electron chi connectivity index (χ2n) is 7.69. The van der Waals surface area contributed by atoms with E-state index in [1.165, 1.54) is 18.7 Å². The molecule has 0 N–H and O–H groups in total. The van der Waals surface area contributed by atoms with Crippen LogP contribution in [0, 0.1) is 11.3 Å². The molecule has 0 heterocycles. The summed E-state index contributed by atoms with van der Waals surface area (Å²) in [7, 11) is 1.20. The number of rotatable bonds is 6. The maximum Gasteiger partial charge on any atom is 0.352 e. The van der Waals surface area contributed by atoms with Crippen LogP contribution in [0.25, 0.3) is 6.08 Å². The summed E-state index contributed by atoms with van der Waals surface area (Å²) < 4.78 is 15.6. The van der Waals surface area contributed by atoms with E-state index in [4.69, 9.17) is 14.7 Å². The number of hydrogen-bond acceptors (Lipinski definition) is 6. The lowest BCUT2D eigenvalue weighted by atomic mass is 9.87. The van der Waals surface area contributed by atoms with Crippen molar-refractivity contribution in [2.75, 3.05) is 7.11 Å². The summed E-state index contributed by atoms with van der Waals surface area (Å²) >= 11 is 0. The first kappa shape index (κ1) is 22.7. The molecule has 0 bridgehead atoms. The van der Waals surface area contributed by atoms with Gasteiger partial charge in [-0.1, -0.05) is 45.0 Å². The molecule has 0 saturated heterocycles. The zero-order chi connectivity index (χ0) is 22.3. The maximum absolute atomic E-state index is 12.4. The lowest BCUT2D eigenvalue weighted by Gasteiger charge is -2.20. The third-order valence-corrected chi connectivity index (χ3v) is 4.28. The van der Waals surface area contributed by atoms with Gasteiger partial charge in [0.15, 0.2) is 6.10 Å². The van der Waals surface area contributed by atoms with Gasteiger partial charge in [0.2, 0.25) is 0 Å². The molecule has 0 saturated carbocycles. The Balaban J connectivity index is 2.06. The van der Waals surface area contributed by atoms with E-state index in [0.29, 0.717) is 11.3 Å². The zero-order valence-electron chi connectivity index (χ0n) is 17.8. The number of carbonyl (C=O) groups excluding carboxylic acids is 2. The predicted molar refractivity (Wildman–Crippen MR) is 113 cm³/mol. The molecule has 2 rings (SSSR count). The fourth-order valence-electron chi connectivity index (χ4n) is 2.57. The lowest BCUT2D eigenvalue weighted by Crippen LogP contribution is -2.28. The van der Waals surface area contributed by atoms with Crippen molar-refractivity contribution in [3.63, 3.8) is 0 Å². The zero-order valence-corrected chi connectivity index (χ0v) is 17.8. The van der Waals surface area contributed by atoms with Gasteiger partial charge in [-0.25, -0.2) is 9.59 Å². The highest BCUT2D eigenvalue weighted by atomic mass is 16.6. The SMILES string of the molecule is COC(=O)/C(C#N)=C/c1cccc(OC(=O)C(C)Oc2ccc(C(C)(C)C)cc2)c1. The molecule has 0 radical (unpaired) electrons. The second kappa shape index (κ2) is 9.75. The molecular formula is C24H25NO5. The monoisotopic (exact) mass is 407 g/mol. The number of benzene rings is 2. The minimum absolute atomic E-state index is 0.0296. The minimum atomic E-state index is -0.825. The summed E-state index contributed by atoms with van der Waals surface area (Å²) in [5, 5.41) is 9.06. The molecule has 1 atom stereocenters. The van der Waals surface area contributed by atoms with Gasteiger partial charge in [0.1, 0.15) is 23.1 Å². The van der Waals surface area contributed by atoms with Crippen LogP contribution in [0.2, 0.25) is 0 Å². The molecule has 0 aliphatic rings. The molecule has 0 fully saturated rings. The van der Waals surface area contributed by atoms with Gasteiger partial charge >= 0.3 is 11.9 Å². The van der Waals surface area contributed by atoms with Crippen molar-refractivity contribution >= 4 is 18.0 Å². The van der Waals surface area contributed by atoms with Gasteiger partial charge in [0.25, 0.3) is 0 Å². The van der Waals surface area contributed by atoms with Crippen LogP contribution < -0.4 is 9.47 Å². The minimum Gasteiger partial charge on any atom is -0.479 e. The smallest absolute Gasteiger partial charge is 0.352 e. The normalized spacial score (nSPS) is 12.5. The number of esters is 2. The highest BCUT2D eigenvalue weighted by molar-refractivity contribution is 5.97. The van der Waals surface area contributed by atoms with Crippen molar-refractivity contribution in [2.45, 2.75) is 39.2 Å². The molecule has 0 aromatic heterocycles. The van der Waals surface area contributed by atoms with Gasteiger partial charge in [-0.2, -0.15) is 5.26 Å². The molecule has 0 aliphatic carbocycles. The van der Waals surface area contributed by atoms with Crippen LogP contribution in [0.4, 0.5) is 0 Å². The van der Waals surface area contributed by atoms with E-state index >= 15 is 0 Å². The fourth-order valence-corrected chi connectivity index (χ4v) is 2.57. The summed E-state index contributed by atoms with van der Waals surface area (Å²) in [5.41, 5.74) is 1.56. The molecule has 2 aromatic rings. The summed E-state index contributed by atoms with van der Waals surface area (Å²) in [6, 6.07) is 15.8. The van der Waals surface area contributed by atoms with Crippen molar-refractivity contribution < 1.29 is 23.8 Å². The van der Waals surface area contributed by atoms with Crippen LogP contribution in [0.1, 0.15) is 38.8 Å². The van der Waals surface area contributed by atoms with E-state index in [1.54, 1.807) is 37.3 Å². The fraction of sp³-hybridized carbons (Fsp3) is 0.292. The maximum atomic E-state index is 12.4. The lowest BCUT2D eigenvalue weighted by molar-refractivity contribution is -0.141. The first-order valence-corrected chi connectivity index (χ1v) is 9.43. The van der Waals surface area contributed by atoms with E-state index in [0.717, 1.165) is 0 Å². The Bertz CT molecular complexity index is 978. The summed E-state index contributed by atoms with van der Waals surface area (Å²) in [5.74, 6) is -0.459. The number of hydrogen-bond donors (Lipinski definition) is 0. The summed E-state index contributed by atoms with van der Waals surface area (Å²) in [4.78, 5) is 23.9. The third-order valence-electron chi connectivity index (χ3n) is 4.28. The van der Waals surface area contributed by atoms with Gasteiger partial charge in [0, 0.05) is 0 Å². The highest BCUT2D eigenvalue weighted by Crippen LogP contribution is 2.25. The number of nitriles is 1. The second-order valence-corrected chi connectivity index (χ2v) is 7.69. The van der Waals surface area contributed by atoms with Gasteiger partial charge < -0.3 is 14.2 Å². The van der Waals surface area contributed by atoms with Gasteiger partial charge in [-0.05, 0) is 53.8 Å². The Labute approximate surface area is 176 Å². The third kappa shape index (κ3) is 6.21. The number of carbonyl (C=O) groups is 2. The van der Waals surface area contributed by atoms with E-state index in [9.17, 15) is 9.59 Å². The number of nitrogens with zero attached hydrogens (tertiary/aromatic N) is 1. The Morgan fingerprint density at radius 3 is 2.30 bits per heavy atom. The molecule has 156 valence electrons. The molecule has 30 heavy (non-hydrogen) atoms. The first-order valence-electron chi connectivity index (χ1n) is 9.43. The summed E-state index contributed by atoms with van der Waals surface area (Å²) in [6.45, 7) is 7.97. The highest BCUT2D eigenvalue weighted by Gasteiger charge is 2.19. The van der Waals surface area contributed by atoms with Crippen molar-refractivity contribution in [2.24, 2.45) is 0 Å². The molecule has 0 aliphatic heterocycles. The molecule has 1 unspecified atom stereocenters. The topological polar surface area (TPSA) is 85.6 Å². The van der Waals surface area contributed by atoms with E-state index < -0.39 is 18.0 Å². The Morgan fingerprint density at radius 2 is 1.73 bits per heavy atom. The van der Waals surface area contributed by atoms with Crippen LogP contribution in [0.15, 0.2) is 54.1 Å². The molecular weight excluding hydrogens is 382 g/mol. The molecule has 0 amide bonds. The Kier molecular flexibility index (Phi) is 7.38. The molecule has 6 heteroatoms. The van der Waals surface area contributed by atoms with E-state index in [2.05, 4.69) is 25.5 Å². The average molecular weight is 407 g/mol. The molecule has 6 nitrogen and oxygen atoms in total. The van der Waals surface area contributed by atoms with Crippen LogP contribution in [-0.2, 0) is 19.7 Å². The Hall–Kier alpha value is -3.59. The standard InChI is InChI=1S/C24H25NO5/c1-16(29-20-11-9-19(10-12-20)24(2,3)4)22(26)30-21-8-6-7-17(14-21)13-18(15-25)23(27)28-5/h6-14,16H,1-5H3/b18-13+. The van der Waals surface area contributed by atoms with Gasteiger partial charge in [0.05, 0.1) is 7.11 Å². The molecule has 2 aromatic carbocycles. The van der Waals surface area contributed by atoms with Crippen molar-refractivity contribution in [1.82, 2.24) is 0 Å². The van der Waals surface area contributed by atoms with Crippen molar-refractivity contribution in [3.8, 4) is 17.6 Å². The quantitative estimate of drug-likeness (QED) is 0.305. The van der Waals surface area contributed by atoms with Crippen LogP contribution in [0.3, 0.4) is 0 Å². The van der Waals surface area contributed by atoms with Crippen LogP contribution >= 0.6 is 0 Å². The van der Waals surface area contributed by atoms with Gasteiger partial charge in [-0.15, -0.1) is 0 Å². The van der Waals surface area contributed by atoms with Crippen LogP contribution in [-0.4, -0.2) is 25.2 Å². The largest absolute Gasteiger partial charge is 0.479 e. The van der Waals surface area contributed by atoms with Crippen LogP contribution in [0.5, 0.6) is 11.5 Å². The predicted octanol–water partition coefficient (Wildman–Crippen LogP) is 4.44. The van der Waals surface area contributed by atoms with E-state index in [-0.39, 0.29) is 16.7 Å². The number of methoxy groups -OCH3 is 1.